The Labute approximate surface area is 114 Å². The van der Waals surface area contributed by atoms with E-state index >= 15 is 0 Å². The lowest BCUT2D eigenvalue weighted by molar-refractivity contribution is -0.121. The van der Waals surface area contributed by atoms with Crippen molar-refractivity contribution in [3.05, 3.63) is 0 Å². The highest BCUT2D eigenvalue weighted by atomic mass is 32.2. The number of hydrogen-bond donors (Lipinski definition) is 2. The van der Waals surface area contributed by atoms with Gasteiger partial charge in [0.25, 0.3) is 0 Å². The zero-order valence-electron chi connectivity index (χ0n) is 11.9. The lowest BCUT2D eigenvalue weighted by Crippen LogP contribution is -2.34. The molecular weight excluding hydrogens is 248 g/mol. The van der Waals surface area contributed by atoms with Crippen LogP contribution in [0.25, 0.3) is 0 Å². The summed E-state index contributed by atoms with van der Waals surface area (Å²) >= 11 is 1.40. The molecule has 0 aromatic heterocycles. The molecule has 0 aliphatic carbocycles. The van der Waals surface area contributed by atoms with Gasteiger partial charge in [-0.2, -0.15) is 11.8 Å². The van der Waals surface area contributed by atoms with E-state index in [-0.39, 0.29) is 17.6 Å². The molecule has 0 fully saturated rings. The van der Waals surface area contributed by atoms with Crippen LogP contribution >= 0.6 is 11.8 Å². The van der Waals surface area contributed by atoms with Gasteiger partial charge in [0, 0.05) is 18.7 Å². The largest absolute Gasteiger partial charge is 0.369 e. The lowest BCUT2D eigenvalue weighted by Gasteiger charge is -2.25. The predicted molar refractivity (Wildman–Crippen MR) is 77.3 cm³/mol. The Morgan fingerprint density at radius 3 is 2.17 bits per heavy atom. The van der Waals surface area contributed by atoms with Crippen LogP contribution in [-0.2, 0) is 9.59 Å². The van der Waals surface area contributed by atoms with Crippen molar-refractivity contribution in [2.24, 2.45) is 23.5 Å². The van der Waals surface area contributed by atoms with E-state index in [4.69, 9.17) is 5.73 Å². The summed E-state index contributed by atoms with van der Waals surface area (Å²) in [6.45, 7) is 9.45. The first-order chi connectivity index (χ1) is 8.34. The monoisotopic (exact) mass is 274 g/mol. The van der Waals surface area contributed by atoms with Crippen LogP contribution in [0.15, 0.2) is 0 Å². The lowest BCUT2D eigenvalue weighted by atomic mass is 9.85. The molecule has 0 spiro atoms. The number of amides is 2. The molecule has 0 rings (SSSR count). The molecule has 0 unspecified atom stereocenters. The Morgan fingerprint density at radius 1 is 1.17 bits per heavy atom. The first-order valence-electron chi connectivity index (χ1n) is 6.47. The summed E-state index contributed by atoms with van der Waals surface area (Å²) in [5.41, 5.74) is 5.01. The first kappa shape index (κ1) is 17.3. The highest BCUT2D eigenvalue weighted by Crippen LogP contribution is 2.19. The molecule has 18 heavy (non-hydrogen) atoms. The van der Waals surface area contributed by atoms with Crippen molar-refractivity contribution in [2.75, 3.05) is 18.1 Å². The van der Waals surface area contributed by atoms with E-state index in [0.29, 0.717) is 29.9 Å². The minimum atomic E-state index is -0.333. The second kappa shape index (κ2) is 9.25. The first-order valence-corrected chi connectivity index (χ1v) is 7.62. The number of thioether (sulfide) groups is 1. The van der Waals surface area contributed by atoms with Gasteiger partial charge in [-0.1, -0.05) is 27.7 Å². The number of hydrogen-bond acceptors (Lipinski definition) is 3. The summed E-state index contributed by atoms with van der Waals surface area (Å²) in [7, 11) is 0. The summed E-state index contributed by atoms with van der Waals surface area (Å²) in [4.78, 5) is 22.1. The van der Waals surface area contributed by atoms with Gasteiger partial charge in [-0.25, -0.2) is 0 Å². The average Bonchev–Trinajstić information content (AvgIpc) is 2.23. The van der Waals surface area contributed by atoms with Gasteiger partial charge >= 0.3 is 0 Å². The third-order valence-corrected chi connectivity index (χ3v) is 3.95. The van der Waals surface area contributed by atoms with E-state index in [0.717, 1.165) is 6.54 Å². The number of primary amides is 1. The van der Waals surface area contributed by atoms with Crippen molar-refractivity contribution in [1.82, 2.24) is 5.32 Å². The van der Waals surface area contributed by atoms with E-state index < -0.39 is 0 Å². The number of nitrogens with one attached hydrogen (secondary N) is 1. The molecule has 0 saturated heterocycles. The van der Waals surface area contributed by atoms with Gasteiger partial charge in [-0.3, -0.25) is 9.59 Å². The minimum Gasteiger partial charge on any atom is -0.369 e. The fourth-order valence-corrected chi connectivity index (χ4v) is 2.57. The molecule has 2 amide bonds. The van der Waals surface area contributed by atoms with Gasteiger partial charge in [0.2, 0.25) is 11.8 Å². The predicted octanol–water partition coefficient (Wildman–Crippen LogP) is 1.64. The topological polar surface area (TPSA) is 72.2 Å². The van der Waals surface area contributed by atoms with Crippen molar-refractivity contribution in [3.63, 3.8) is 0 Å². The number of carbonyl (C=O) groups excluding carboxylic acids is 2. The molecule has 0 atom stereocenters. The smallest absolute Gasteiger partial charge is 0.227 e. The van der Waals surface area contributed by atoms with Crippen LogP contribution in [0.2, 0.25) is 0 Å². The van der Waals surface area contributed by atoms with Crippen molar-refractivity contribution < 1.29 is 9.59 Å². The van der Waals surface area contributed by atoms with Crippen molar-refractivity contribution in [2.45, 2.75) is 34.1 Å². The molecule has 0 aromatic rings. The molecule has 3 N–H and O–H groups in total. The second-order valence-electron chi connectivity index (χ2n) is 5.22. The molecule has 106 valence electrons. The average molecular weight is 274 g/mol. The molecule has 0 aromatic carbocycles. The quantitative estimate of drug-likeness (QED) is 0.628. The third-order valence-electron chi connectivity index (χ3n) is 2.97. The molecular formula is C13H26N2O2S. The Bertz CT molecular complexity index is 260. The summed E-state index contributed by atoms with van der Waals surface area (Å²) < 4.78 is 0. The third kappa shape index (κ3) is 8.39. The summed E-state index contributed by atoms with van der Waals surface area (Å²) in [5, 5.41) is 2.97. The van der Waals surface area contributed by atoms with Gasteiger partial charge in [-0.15, -0.1) is 0 Å². The Kier molecular flexibility index (Phi) is 8.89. The highest BCUT2D eigenvalue weighted by molar-refractivity contribution is 7.99. The van der Waals surface area contributed by atoms with Crippen LogP contribution in [0, 0.1) is 17.8 Å². The van der Waals surface area contributed by atoms with Crippen LogP contribution in [0.1, 0.15) is 34.1 Å². The normalized spacial score (nSPS) is 11.3. The zero-order valence-corrected chi connectivity index (χ0v) is 12.7. The Morgan fingerprint density at radius 2 is 1.72 bits per heavy atom. The van der Waals surface area contributed by atoms with E-state index in [1.807, 2.05) is 0 Å². The maximum absolute atomic E-state index is 11.6. The SMILES string of the molecule is CC(C)C(CNC(=O)CCSCC(N)=O)C(C)C. The number of rotatable bonds is 9. The van der Waals surface area contributed by atoms with Crippen LogP contribution < -0.4 is 11.1 Å². The highest BCUT2D eigenvalue weighted by Gasteiger charge is 2.17. The Balaban J connectivity index is 3.78. The van der Waals surface area contributed by atoms with Gasteiger partial charge in [0.1, 0.15) is 0 Å². The van der Waals surface area contributed by atoms with Crippen LogP contribution in [0.5, 0.6) is 0 Å². The van der Waals surface area contributed by atoms with Crippen molar-refractivity contribution in [1.29, 1.82) is 0 Å². The molecule has 0 saturated carbocycles. The van der Waals surface area contributed by atoms with Crippen molar-refractivity contribution >= 4 is 23.6 Å². The number of nitrogens with two attached hydrogens (primary N) is 1. The summed E-state index contributed by atoms with van der Waals surface area (Å²) in [5.74, 6) is 2.28. The maximum Gasteiger partial charge on any atom is 0.227 e. The zero-order chi connectivity index (χ0) is 14.1. The molecule has 0 aliphatic heterocycles. The molecule has 0 radical (unpaired) electrons. The molecule has 4 nitrogen and oxygen atoms in total. The second-order valence-corrected chi connectivity index (χ2v) is 6.33. The van der Waals surface area contributed by atoms with E-state index in [2.05, 4.69) is 33.0 Å². The van der Waals surface area contributed by atoms with Gasteiger partial charge < -0.3 is 11.1 Å². The maximum atomic E-state index is 11.6. The van der Waals surface area contributed by atoms with Gasteiger partial charge in [0.15, 0.2) is 0 Å². The van der Waals surface area contributed by atoms with Crippen LogP contribution in [0.4, 0.5) is 0 Å². The number of carbonyl (C=O) groups is 2. The van der Waals surface area contributed by atoms with Crippen LogP contribution in [-0.4, -0.2) is 29.9 Å². The van der Waals surface area contributed by atoms with Gasteiger partial charge in [-0.05, 0) is 17.8 Å². The fourth-order valence-electron chi connectivity index (χ4n) is 1.90. The molecule has 0 aliphatic rings. The molecule has 5 heteroatoms. The summed E-state index contributed by atoms with van der Waals surface area (Å²) in [6, 6.07) is 0. The molecule has 0 bridgehead atoms. The Hall–Kier alpha value is -0.710. The minimum absolute atomic E-state index is 0.0540. The van der Waals surface area contributed by atoms with Gasteiger partial charge in [0.05, 0.1) is 5.75 Å². The molecule has 0 heterocycles. The van der Waals surface area contributed by atoms with E-state index in [1.165, 1.54) is 11.8 Å². The van der Waals surface area contributed by atoms with E-state index in [9.17, 15) is 9.59 Å². The fraction of sp³-hybridized carbons (Fsp3) is 0.846. The van der Waals surface area contributed by atoms with E-state index in [1.54, 1.807) is 0 Å². The van der Waals surface area contributed by atoms with Crippen molar-refractivity contribution in [3.8, 4) is 0 Å². The summed E-state index contributed by atoms with van der Waals surface area (Å²) in [6.07, 6.45) is 0.445. The standard InChI is InChI=1S/C13H26N2O2S/c1-9(2)11(10(3)4)7-15-13(17)5-6-18-8-12(14)16/h9-11H,5-8H2,1-4H3,(H2,14,16)(H,15,17). The van der Waals surface area contributed by atoms with Crippen LogP contribution in [0.3, 0.4) is 0 Å².